The second-order valence-corrected chi connectivity index (χ2v) is 7.99. The van der Waals surface area contributed by atoms with Gasteiger partial charge in [0, 0.05) is 10.6 Å². The van der Waals surface area contributed by atoms with Crippen LogP contribution in [0.3, 0.4) is 0 Å². The van der Waals surface area contributed by atoms with Crippen LogP contribution in [0, 0.1) is 0 Å². The number of esters is 1. The van der Waals surface area contributed by atoms with E-state index in [0.29, 0.717) is 5.56 Å². The number of sulfonamides is 1. The molecule has 0 spiro atoms. The second kappa shape index (κ2) is 8.84. The van der Waals surface area contributed by atoms with Gasteiger partial charge in [-0.2, -0.15) is 0 Å². The molecule has 138 valence electrons. The van der Waals surface area contributed by atoms with E-state index in [0.717, 1.165) is 10.6 Å². The molecule has 0 aliphatic carbocycles. The number of primary sulfonamides is 1. The van der Waals surface area contributed by atoms with Crippen molar-refractivity contribution in [3.63, 3.8) is 0 Å². The first-order valence-electron chi connectivity index (χ1n) is 7.63. The first-order chi connectivity index (χ1) is 12.3. The predicted molar refractivity (Wildman–Crippen MR) is 99.6 cm³/mol. The Morgan fingerprint density at radius 2 is 1.88 bits per heavy atom. The van der Waals surface area contributed by atoms with E-state index in [2.05, 4.69) is 5.32 Å². The Morgan fingerprint density at radius 1 is 1.15 bits per heavy atom. The SMILES string of the molecule is CCSc1ccccc1C(=O)OCC(=O)Nc1cccc(S(N)(=O)=O)c1. The Hall–Kier alpha value is -2.36. The molecule has 0 unspecified atom stereocenters. The molecule has 0 fully saturated rings. The summed E-state index contributed by atoms with van der Waals surface area (Å²) in [6, 6.07) is 12.5. The number of rotatable bonds is 7. The van der Waals surface area contributed by atoms with E-state index >= 15 is 0 Å². The van der Waals surface area contributed by atoms with Gasteiger partial charge in [-0.05, 0) is 36.1 Å². The maximum absolute atomic E-state index is 12.2. The summed E-state index contributed by atoms with van der Waals surface area (Å²) in [6.45, 7) is 1.47. The van der Waals surface area contributed by atoms with E-state index in [4.69, 9.17) is 9.88 Å². The molecule has 3 N–H and O–H groups in total. The predicted octanol–water partition coefficient (Wildman–Crippen LogP) is 2.24. The number of benzene rings is 2. The number of ether oxygens (including phenoxy) is 1. The lowest BCUT2D eigenvalue weighted by molar-refractivity contribution is -0.119. The monoisotopic (exact) mass is 394 g/mol. The fourth-order valence-electron chi connectivity index (χ4n) is 2.07. The number of anilines is 1. The number of thioether (sulfide) groups is 1. The lowest BCUT2D eigenvalue weighted by atomic mass is 10.2. The molecular weight excluding hydrogens is 376 g/mol. The molecule has 0 saturated carbocycles. The molecule has 0 aliphatic rings. The summed E-state index contributed by atoms with van der Waals surface area (Å²) >= 11 is 1.50. The molecule has 0 aromatic heterocycles. The number of carbonyl (C=O) groups is 2. The van der Waals surface area contributed by atoms with Crippen molar-refractivity contribution in [3.05, 3.63) is 54.1 Å². The average Bonchev–Trinajstić information content (AvgIpc) is 2.60. The van der Waals surface area contributed by atoms with Crippen molar-refractivity contribution in [3.8, 4) is 0 Å². The van der Waals surface area contributed by atoms with Crippen LogP contribution in [0.1, 0.15) is 17.3 Å². The summed E-state index contributed by atoms with van der Waals surface area (Å²) in [7, 11) is -3.87. The summed E-state index contributed by atoms with van der Waals surface area (Å²) in [5.74, 6) is -0.397. The lowest BCUT2D eigenvalue weighted by Crippen LogP contribution is -2.21. The smallest absolute Gasteiger partial charge is 0.339 e. The molecule has 0 radical (unpaired) electrons. The number of amides is 1. The lowest BCUT2D eigenvalue weighted by Gasteiger charge is -2.09. The highest BCUT2D eigenvalue weighted by Crippen LogP contribution is 2.23. The van der Waals surface area contributed by atoms with Crippen molar-refractivity contribution in [2.24, 2.45) is 5.14 Å². The van der Waals surface area contributed by atoms with Crippen molar-refractivity contribution >= 4 is 39.3 Å². The summed E-state index contributed by atoms with van der Waals surface area (Å²) in [5.41, 5.74) is 0.628. The number of hydrogen-bond donors (Lipinski definition) is 2. The molecular formula is C17H18N2O5S2. The van der Waals surface area contributed by atoms with E-state index in [-0.39, 0.29) is 10.6 Å². The van der Waals surface area contributed by atoms with Crippen LogP contribution < -0.4 is 10.5 Å². The third-order valence-electron chi connectivity index (χ3n) is 3.19. The van der Waals surface area contributed by atoms with Crippen LogP contribution in [0.2, 0.25) is 0 Å². The van der Waals surface area contributed by atoms with Crippen LogP contribution in [0.25, 0.3) is 0 Å². The zero-order chi connectivity index (χ0) is 19.2. The van der Waals surface area contributed by atoms with Gasteiger partial charge in [-0.25, -0.2) is 18.4 Å². The molecule has 0 atom stereocenters. The van der Waals surface area contributed by atoms with Crippen molar-refractivity contribution in [1.82, 2.24) is 0 Å². The van der Waals surface area contributed by atoms with Gasteiger partial charge in [0.15, 0.2) is 6.61 Å². The quantitative estimate of drug-likeness (QED) is 0.550. The molecule has 0 saturated heterocycles. The average molecular weight is 394 g/mol. The molecule has 9 heteroatoms. The van der Waals surface area contributed by atoms with Crippen molar-refractivity contribution < 1.29 is 22.7 Å². The summed E-state index contributed by atoms with van der Waals surface area (Å²) in [5, 5.41) is 7.51. The molecule has 1 amide bonds. The molecule has 2 rings (SSSR count). The first kappa shape index (κ1) is 20.0. The Kier molecular flexibility index (Phi) is 6.78. The standard InChI is InChI=1S/C17H18N2O5S2/c1-2-25-15-9-4-3-8-14(15)17(21)24-11-16(20)19-12-6-5-7-13(10-12)26(18,22)23/h3-10H,2,11H2,1H3,(H,19,20)(H2,18,22,23). The molecule has 2 aromatic rings. The summed E-state index contributed by atoms with van der Waals surface area (Å²) < 4.78 is 27.7. The maximum Gasteiger partial charge on any atom is 0.339 e. The molecule has 26 heavy (non-hydrogen) atoms. The van der Waals surface area contributed by atoms with E-state index in [1.807, 2.05) is 19.1 Å². The van der Waals surface area contributed by atoms with Gasteiger partial charge in [0.1, 0.15) is 0 Å². The number of carbonyl (C=O) groups excluding carboxylic acids is 2. The normalized spacial score (nSPS) is 11.0. The van der Waals surface area contributed by atoms with Crippen LogP contribution in [0.15, 0.2) is 58.3 Å². The fourth-order valence-corrected chi connectivity index (χ4v) is 3.43. The molecule has 0 heterocycles. The van der Waals surface area contributed by atoms with Gasteiger partial charge in [-0.3, -0.25) is 4.79 Å². The summed E-state index contributed by atoms with van der Waals surface area (Å²) in [4.78, 5) is 24.8. The van der Waals surface area contributed by atoms with Gasteiger partial charge < -0.3 is 10.1 Å². The van der Waals surface area contributed by atoms with Gasteiger partial charge in [0.05, 0.1) is 10.5 Å². The number of nitrogens with one attached hydrogen (secondary N) is 1. The minimum Gasteiger partial charge on any atom is -0.452 e. The van der Waals surface area contributed by atoms with Crippen LogP contribution in [-0.2, 0) is 19.6 Å². The maximum atomic E-state index is 12.2. The minimum atomic E-state index is -3.87. The highest BCUT2D eigenvalue weighted by atomic mass is 32.2. The fraction of sp³-hybridized carbons (Fsp3) is 0.176. The second-order valence-electron chi connectivity index (χ2n) is 5.13. The largest absolute Gasteiger partial charge is 0.452 e. The molecule has 0 aliphatic heterocycles. The Bertz CT molecular complexity index is 913. The van der Waals surface area contributed by atoms with Gasteiger partial charge >= 0.3 is 5.97 Å². The van der Waals surface area contributed by atoms with Crippen molar-refractivity contribution in [2.45, 2.75) is 16.7 Å². The Balaban J connectivity index is 1.98. The van der Waals surface area contributed by atoms with Gasteiger partial charge in [0.25, 0.3) is 5.91 Å². The molecule has 7 nitrogen and oxygen atoms in total. The van der Waals surface area contributed by atoms with Crippen LogP contribution in [0.5, 0.6) is 0 Å². The van der Waals surface area contributed by atoms with Gasteiger partial charge in [0.2, 0.25) is 10.0 Å². The Labute approximate surface area is 156 Å². The van der Waals surface area contributed by atoms with E-state index < -0.39 is 28.5 Å². The molecule has 2 aromatic carbocycles. The zero-order valence-corrected chi connectivity index (χ0v) is 15.6. The van der Waals surface area contributed by atoms with Crippen molar-refractivity contribution in [1.29, 1.82) is 0 Å². The Morgan fingerprint density at radius 3 is 2.58 bits per heavy atom. The van der Waals surface area contributed by atoms with E-state index in [1.54, 1.807) is 12.1 Å². The first-order valence-corrected chi connectivity index (χ1v) is 10.2. The number of hydrogen-bond acceptors (Lipinski definition) is 6. The molecule has 0 bridgehead atoms. The topological polar surface area (TPSA) is 116 Å². The van der Waals surface area contributed by atoms with E-state index in [1.165, 1.54) is 36.0 Å². The number of nitrogens with two attached hydrogens (primary N) is 1. The third-order valence-corrected chi connectivity index (χ3v) is 5.05. The van der Waals surface area contributed by atoms with Crippen LogP contribution in [0.4, 0.5) is 5.69 Å². The van der Waals surface area contributed by atoms with Crippen molar-refractivity contribution in [2.75, 3.05) is 17.7 Å². The minimum absolute atomic E-state index is 0.127. The highest BCUT2D eigenvalue weighted by molar-refractivity contribution is 7.99. The van der Waals surface area contributed by atoms with Crippen LogP contribution >= 0.6 is 11.8 Å². The van der Waals surface area contributed by atoms with Gasteiger partial charge in [-0.1, -0.05) is 25.1 Å². The zero-order valence-electron chi connectivity index (χ0n) is 14.0. The summed E-state index contributed by atoms with van der Waals surface area (Å²) in [6.07, 6.45) is 0. The van der Waals surface area contributed by atoms with Gasteiger partial charge in [-0.15, -0.1) is 11.8 Å². The van der Waals surface area contributed by atoms with Crippen LogP contribution in [-0.4, -0.2) is 32.7 Å². The third kappa shape index (κ3) is 5.58. The van der Waals surface area contributed by atoms with E-state index in [9.17, 15) is 18.0 Å². The highest BCUT2D eigenvalue weighted by Gasteiger charge is 2.15.